The molecule has 8 heteroatoms. The quantitative estimate of drug-likeness (QED) is 0.357. The van der Waals surface area contributed by atoms with Crippen molar-refractivity contribution in [3.63, 3.8) is 0 Å². The molecule has 2 saturated heterocycles. The van der Waals surface area contributed by atoms with Gasteiger partial charge in [-0.3, -0.25) is 14.5 Å². The number of morpholine rings is 1. The molecule has 228 valence electrons. The fraction of sp³-hybridized carbons (Fsp3) is 0.389. The molecule has 0 spiro atoms. The molecule has 3 fully saturated rings. The number of hydrogen-bond donors (Lipinski definition) is 0. The van der Waals surface area contributed by atoms with Gasteiger partial charge in [-0.25, -0.2) is 0 Å². The highest BCUT2D eigenvalue weighted by Crippen LogP contribution is 2.35. The molecule has 2 atom stereocenters. The van der Waals surface area contributed by atoms with Crippen molar-refractivity contribution >= 4 is 17.9 Å². The molecule has 8 nitrogen and oxygen atoms in total. The Balaban J connectivity index is 0.987. The normalized spacial score (nSPS) is 22.6. The molecular formula is C36H39N3O5. The summed E-state index contributed by atoms with van der Waals surface area (Å²) < 4.78 is 17.2. The molecule has 2 unspecified atom stereocenters. The number of fused-ring (bicyclic) bond motifs is 2. The second-order valence-corrected chi connectivity index (χ2v) is 12.3. The molecule has 0 radical (unpaired) electrons. The second-order valence-electron chi connectivity index (χ2n) is 12.3. The number of nitrogens with zero attached hydrogens (tertiary/aromatic N) is 3. The third-order valence-electron chi connectivity index (χ3n) is 9.21. The maximum absolute atomic E-state index is 13.7. The maximum Gasteiger partial charge on any atom is 0.289 e. The van der Waals surface area contributed by atoms with Crippen molar-refractivity contribution in [1.82, 2.24) is 14.7 Å². The lowest BCUT2D eigenvalue weighted by atomic mass is 9.89. The fourth-order valence-electron chi connectivity index (χ4n) is 6.83. The standard InChI is InChI=1S/C36H39N3O5/c1-25-5-4-6-27(19-25)23-39-30-7-2-3-8-31(30)44-34(36(39)41)20-26-9-12-29(13-10-26)35(40)38-17-15-37(16-18-38)22-28-11-14-32-33(21-28)43-24-42-32/h4-6,9-14,19-21,30-31H,2-3,7-8,15-18,22-24H2,1H3/b34-20+. The van der Waals surface area contributed by atoms with Gasteiger partial charge in [-0.2, -0.15) is 0 Å². The van der Waals surface area contributed by atoms with Gasteiger partial charge in [-0.15, -0.1) is 0 Å². The summed E-state index contributed by atoms with van der Waals surface area (Å²) >= 11 is 0. The predicted octanol–water partition coefficient (Wildman–Crippen LogP) is 5.39. The minimum atomic E-state index is -0.0616. The number of carbonyl (C=O) groups excluding carboxylic acids is 2. The molecule has 7 rings (SSSR count). The van der Waals surface area contributed by atoms with E-state index in [1.54, 1.807) is 0 Å². The van der Waals surface area contributed by atoms with Crippen LogP contribution in [-0.4, -0.2) is 71.6 Å². The van der Waals surface area contributed by atoms with Gasteiger partial charge in [0.2, 0.25) is 6.79 Å². The van der Waals surface area contributed by atoms with Crippen LogP contribution in [0, 0.1) is 6.92 Å². The monoisotopic (exact) mass is 593 g/mol. The molecule has 3 aliphatic heterocycles. The Bertz CT molecular complexity index is 1560. The van der Waals surface area contributed by atoms with Crippen molar-refractivity contribution in [2.45, 2.75) is 57.8 Å². The van der Waals surface area contributed by atoms with Crippen LogP contribution in [0.3, 0.4) is 0 Å². The second kappa shape index (κ2) is 12.4. The SMILES string of the molecule is Cc1cccc(CN2C(=O)/C(=C\c3ccc(C(=O)N4CCN(Cc5ccc6c(c5)OCO6)CC4)cc3)OC3CCCCC32)c1. The minimum Gasteiger partial charge on any atom is -0.482 e. The third kappa shape index (κ3) is 6.04. The van der Waals surface area contributed by atoms with E-state index < -0.39 is 0 Å². The van der Waals surface area contributed by atoms with E-state index in [1.165, 1.54) is 11.1 Å². The molecular weight excluding hydrogens is 554 g/mol. The van der Waals surface area contributed by atoms with Crippen LogP contribution in [0.25, 0.3) is 6.08 Å². The van der Waals surface area contributed by atoms with Gasteiger partial charge in [0, 0.05) is 44.8 Å². The molecule has 0 bridgehead atoms. The van der Waals surface area contributed by atoms with Crippen molar-refractivity contribution in [3.05, 3.63) is 100 Å². The Morgan fingerprint density at radius 1 is 0.864 bits per heavy atom. The number of hydrogen-bond acceptors (Lipinski definition) is 6. The van der Waals surface area contributed by atoms with E-state index in [0.29, 0.717) is 31.0 Å². The highest BCUT2D eigenvalue weighted by Gasteiger charge is 2.41. The van der Waals surface area contributed by atoms with Crippen LogP contribution in [0.5, 0.6) is 11.5 Å². The molecule has 3 aromatic carbocycles. The number of aryl methyl sites for hydroxylation is 1. The van der Waals surface area contributed by atoms with Crippen molar-refractivity contribution in [2.24, 2.45) is 0 Å². The van der Waals surface area contributed by atoms with Crippen molar-refractivity contribution in [1.29, 1.82) is 0 Å². The van der Waals surface area contributed by atoms with Gasteiger partial charge >= 0.3 is 0 Å². The van der Waals surface area contributed by atoms with Gasteiger partial charge in [0.05, 0.1) is 6.04 Å². The first-order valence-electron chi connectivity index (χ1n) is 15.8. The lowest BCUT2D eigenvalue weighted by molar-refractivity contribution is -0.149. The molecule has 0 aromatic heterocycles. The largest absolute Gasteiger partial charge is 0.482 e. The van der Waals surface area contributed by atoms with Crippen LogP contribution >= 0.6 is 0 Å². The van der Waals surface area contributed by atoms with Crippen LogP contribution in [0.15, 0.2) is 72.5 Å². The van der Waals surface area contributed by atoms with Crippen molar-refractivity contribution in [3.8, 4) is 11.5 Å². The zero-order valence-corrected chi connectivity index (χ0v) is 25.2. The minimum absolute atomic E-state index is 0.0158. The van der Waals surface area contributed by atoms with E-state index in [1.807, 2.05) is 52.3 Å². The van der Waals surface area contributed by atoms with E-state index in [2.05, 4.69) is 42.2 Å². The zero-order valence-electron chi connectivity index (χ0n) is 25.2. The Kier molecular flexibility index (Phi) is 8.00. The first-order valence-corrected chi connectivity index (χ1v) is 15.8. The van der Waals surface area contributed by atoms with Gasteiger partial charge in [0.15, 0.2) is 17.3 Å². The zero-order chi connectivity index (χ0) is 30.0. The molecule has 1 aliphatic carbocycles. The highest BCUT2D eigenvalue weighted by molar-refractivity contribution is 5.97. The van der Waals surface area contributed by atoms with Crippen LogP contribution in [0.4, 0.5) is 0 Å². The first kappa shape index (κ1) is 28.5. The van der Waals surface area contributed by atoms with Crippen molar-refractivity contribution < 1.29 is 23.8 Å². The van der Waals surface area contributed by atoms with Crippen LogP contribution < -0.4 is 9.47 Å². The van der Waals surface area contributed by atoms with Crippen LogP contribution in [-0.2, 0) is 22.6 Å². The molecule has 3 aromatic rings. The highest BCUT2D eigenvalue weighted by atomic mass is 16.7. The Morgan fingerprint density at radius 2 is 1.64 bits per heavy atom. The molecule has 44 heavy (non-hydrogen) atoms. The maximum atomic E-state index is 13.7. The van der Waals surface area contributed by atoms with Gasteiger partial charge in [-0.1, -0.05) is 54.4 Å². The number of benzene rings is 3. The third-order valence-corrected chi connectivity index (χ3v) is 9.21. The lowest BCUT2D eigenvalue weighted by Gasteiger charge is -2.44. The van der Waals surface area contributed by atoms with E-state index in [9.17, 15) is 9.59 Å². The average Bonchev–Trinajstić information content (AvgIpc) is 3.52. The van der Waals surface area contributed by atoms with Crippen molar-refractivity contribution in [2.75, 3.05) is 33.0 Å². The van der Waals surface area contributed by atoms with Crippen LogP contribution in [0.2, 0.25) is 0 Å². The molecule has 4 aliphatic rings. The molecule has 1 saturated carbocycles. The Hall–Kier alpha value is -4.30. The summed E-state index contributed by atoms with van der Waals surface area (Å²) in [5.74, 6) is 1.95. The van der Waals surface area contributed by atoms with Gasteiger partial charge in [0.1, 0.15) is 6.10 Å². The molecule has 2 amide bonds. The predicted molar refractivity (Wildman–Crippen MR) is 167 cm³/mol. The lowest BCUT2D eigenvalue weighted by Crippen LogP contribution is -2.54. The summed E-state index contributed by atoms with van der Waals surface area (Å²) in [6.07, 6.45) is 6.01. The number of piperazine rings is 1. The summed E-state index contributed by atoms with van der Waals surface area (Å²) in [7, 11) is 0. The number of amides is 2. The summed E-state index contributed by atoms with van der Waals surface area (Å²) in [5.41, 5.74) is 5.01. The van der Waals surface area contributed by atoms with E-state index in [0.717, 1.165) is 67.9 Å². The summed E-state index contributed by atoms with van der Waals surface area (Å²) in [5, 5.41) is 0. The molecule has 3 heterocycles. The Morgan fingerprint density at radius 3 is 2.45 bits per heavy atom. The van der Waals surface area contributed by atoms with Crippen LogP contribution in [0.1, 0.15) is 58.3 Å². The van der Waals surface area contributed by atoms with E-state index in [4.69, 9.17) is 14.2 Å². The smallest absolute Gasteiger partial charge is 0.289 e. The first-order chi connectivity index (χ1) is 21.5. The summed E-state index contributed by atoms with van der Waals surface area (Å²) in [4.78, 5) is 33.3. The number of rotatable bonds is 6. The molecule has 0 N–H and O–H groups in total. The topological polar surface area (TPSA) is 71.6 Å². The van der Waals surface area contributed by atoms with E-state index in [-0.39, 0.29) is 30.8 Å². The van der Waals surface area contributed by atoms with Gasteiger partial charge in [-0.05, 0) is 73.2 Å². The van der Waals surface area contributed by atoms with Gasteiger partial charge < -0.3 is 24.0 Å². The number of ether oxygens (including phenoxy) is 3. The Labute approximate surface area is 258 Å². The van der Waals surface area contributed by atoms with E-state index >= 15 is 0 Å². The summed E-state index contributed by atoms with van der Waals surface area (Å²) in [6.45, 7) is 6.73. The fourth-order valence-corrected chi connectivity index (χ4v) is 6.83. The van der Waals surface area contributed by atoms with Gasteiger partial charge in [0.25, 0.3) is 11.8 Å². The summed E-state index contributed by atoms with van der Waals surface area (Å²) in [6, 6.07) is 22.1. The number of carbonyl (C=O) groups is 2. The average molecular weight is 594 g/mol.